The fourth-order valence-corrected chi connectivity index (χ4v) is 4.06. The summed E-state index contributed by atoms with van der Waals surface area (Å²) >= 11 is 2.09. The molecule has 3 nitrogen and oxygen atoms in total. The van der Waals surface area contributed by atoms with E-state index in [0.29, 0.717) is 5.25 Å². The summed E-state index contributed by atoms with van der Waals surface area (Å²) in [5.41, 5.74) is 2.75. The first-order chi connectivity index (χ1) is 7.86. The van der Waals surface area contributed by atoms with Crippen molar-refractivity contribution in [1.82, 2.24) is 14.9 Å². The van der Waals surface area contributed by atoms with Gasteiger partial charge in [0.1, 0.15) is 5.82 Å². The number of thioether (sulfide) groups is 1. The first-order valence-electron chi connectivity index (χ1n) is 6.23. The van der Waals surface area contributed by atoms with Crippen molar-refractivity contribution >= 4 is 11.8 Å². The normalized spacial score (nSPS) is 25.4. The van der Waals surface area contributed by atoms with Crippen LogP contribution in [0, 0.1) is 0 Å². The zero-order valence-electron chi connectivity index (χ0n) is 9.83. The van der Waals surface area contributed by atoms with E-state index in [2.05, 4.69) is 28.7 Å². The molecule has 88 valence electrons. The molecule has 1 saturated heterocycles. The molecule has 1 aromatic rings. The minimum Gasteiger partial charge on any atom is -0.334 e. The van der Waals surface area contributed by atoms with Crippen LogP contribution in [0.4, 0.5) is 0 Å². The Morgan fingerprint density at radius 3 is 3.12 bits per heavy atom. The number of aromatic nitrogens is 2. The van der Waals surface area contributed by atoms with E-state index < -0.39 is 0 Å². The van der Waals surface area contributed by atoms with E-state index in [1.165, 1.54) is 42.2 Å². The Kier molecular flexibility index (Phi) is 2.94. The number of fused-ring (bicyclic) bond motifs is 1. The van der Waals surface area contributed by atoms with Crippen molar-refractivity contribution in [2.75, 3.05) is 12.3 Å². The van der Waals surface area contributed by atoms with Gasteiger partial charge in [-0.3, -0.25) is 0 Å². The van der Waals surface area contributed by atoms with Gasteiger partial charge in [0.15, 0.2) is 0 Å². The number of nitrogens with zero attached hydrogens (tertiary/aromatic N) is 2. The van der Waals surface area contributed by atoms with Gasteiger partial charge in [-0.1, -0.05) is 6.42 Å². The Labute approximate surface area is 101 Å². The maximum absolute atomic E-state index is 4.85. The number of hydrogen-bond donors (Lipinski definition) is 1. The van der Waals surface area contributed by atoms with Gasteiger partial charge in [0.2, 0.25) is 0 Å². The van der Waals surface area contributed by atoms with Gasteiger partial charge in [-0.05, 0) is 18.6 Å². The third-order valence-electron chi connectivity index (χ3n) is 3.63. The maximum Gasteiger partial charge on any atom is 0.122 e. The number of hydrogen-bond acceptors (Lipinski definition) is 3. The Hall–Kier alpha value is -0.480. The molecule has 16 heavy (non-hydrogen) atoms. The third-order valence-corrected chi connectivity index (χ3v) is 5.00. The van der Waals surface area contributed by atoms with Crippen LogP contribution in [0.1, 0.15) is 41.7 Å². The average Bonchev–Trinajstić information content (AvgIpc) is 2.69. The summed E-state index contributed by atoms with van der Waals surface area (Å²) in [7, 11) is 2.20. The summed E-state index contributed by atoms with van der Waals surface area (Å²) in [6.07, 6.45) is 5.19. The molecule has 3 rings (SSSR count). The first-order valence-corrected chi connectivity index (χ1v) is 7.28. The molecule has 4 heteroatoms. The molecule has 3 heterocycles. The SMILES string of the molecule is Cn1c(C2CCCCS2)nc2c1CCNC2. The highest BCUT2D eigenvalue weighted by Crippen LogP contribution is 2.38. The van der Waals surface area contributed by atoms with E-state index in [1.54, 1.807) is 0 Å². The number of imidazole rings is 1. The van der Waals surface area contributed by atoms with Gasteiger partial charge in [-0.2, -0.15) is 11.8 Å². The van der Waals surface area contributed by atoms with Crippen LogP contribution in [0.15, 0.2) is 0 Å². The van der Waals surface area contributed by atoms with Crippen LogP contribution in [0.3, 0.4) is 0 Å². The maximum atomic E-state index is 4.85. The van der Waals surface area contributed by atoms with Crippen molar-refractivity contribution in [3.8, 4) is 0 Å². The molecule has 0 aromatic carbocycles. The lowest BCUT2D eigenvalue weighted by atomic mass is 10.2. The van der Waals surface area contributed by atoms with E-state index in [0.717, 1.165) is 19.5 Å². The monoisotopic (exact) mass is 237 g/mol. The Balaban J connectivity index is 1.91. The molecule has 1 unspecified atom stereocenters. The summed E-state index contributed by atoms with van der Waals surface area (Å²) < 4.78 is 2.36. The van der Waals surface area contributed by atoms with Crippen molar-refractivity contribution in [3.05, 3.63) is 17.2 Å². The lowest BCUT2D eigenvalue weighted by molar-refractivity contribution is 0.605. The molecule has 1 aromatic heterocycles. The highest BCUT2D eigenvalue weighted by atomic mass is 32.2. The Morgan fingerprint density at radius 2 is 2.38 bits per heavy atom. The van der Waals surface area contributed by atoms with Crippen molar-refractivity contribution in [2.24, 2.45) is 7.05 Å². The lowest BCUT2D eigenvalue weighted by Crippen LogP contribution is -2.24. The van der Waals surface area contributed by atoms with Crippen molar-refractivity contribution < 1.29 is 0 Å². The molecule has 1 fully saturated rings. The van der Waals surface area contributed by atoms with Crippen LogP contribution in [-0.4, -0.2) is 21.8 Å². The lowest BCUT2D eigenvalue weighted by Gasteiger charge is -2.21. The van der Waals surface area contributed by atoms with E-state index in [-0.39, 0.29) is 0 Å². The second-order valence-corrected chi connectivity index (χ2v) is 6.02. The van der Waals surface area contributed by atoms with Crippen LogP contribution in [0.2, 0.25) is 0 Å². The topological polar surface area (TPSA) is 29.9 Å². The fourth-order valence-electron chi connectivity index (χ4n) is 2.71. The Morgan fingerprint density at radius 1 is 1.44 bits per heavy atom. The zero-order valence-corrected chi connectivity index (χ0v) is 10.6. The van der Waals surface area contributed by atoms with Gasteiger partial charge in [-0.15, -0.1) is 0 Å². The minimum absolute atomic E-state index is 0.643. The molecule has 2 aliphatic heterocycles. The molecule has 1 N–H and O–H groups in total. The molecule has 2 aliphatic rings. The summed E-state index contributed by atoms with van der Waals surface area (Å²) in [4.78, 5) is 4.85. The minimum atomic E-state index is 0.643. The van der Waals surface area contributed by atoms with Crippen LogP contribution < -0.4 is 5.32 Å². The summed E-state index contributed by atoms with van der Waals surface area (Å²) in [5, 5.41) is 4.04. The number of nitrogens with one attached hydrogen (secondary N) is 1. The number of rotatable bonds is 1. The third kappa shape index (κ3) is 1.78. The molecule has 0 amide bonds. The molecular formula is C12H19N3S. The van der Waals surface area contributed by atoms with Crippen LogP contribution in [0.5, 0.6) is 0 Å². The van der Waals surface area contributed by atoms with Gasteiger partial charge in [0.05, 0.1) is 10.9 Å². The van der Waals surface area contributed by atoms with Crippen LogP contribution in [0.25, 0.3) is 0 Å². The first kappa shape index (κ1) is 10.7. The molecule has 0 saturated carbocycles. The molecule has 0 radical (unpaired) electrons. The molecule has 0 aliphatic carbocycles. The predicted molar refractivity (Wildman–Crippen MR) is 67.7 cm³/mol. The zero-order chi connectivity index (χ0) is 11.0. The van der Waals surface area contributed by atoms with Gasteiger partial charge in [0.25, 0.3) is 0 Å². The second-order valence-electron chi connectivity index (χ2n) is 4.70. The summed E-state index contributed by atoms with van der Waals surface area (Å²) in [5.74, 6) is 2.62. The van der Waals surface area contributed by atoms with Crippen LogP contribution >= 0.6 is 11.8 Å². The van der Waals surface area contributed by atoms with Crippen molar-refractivity contribution in [3.63, 3.8) is 0 Å². The molecule has 0 spiro atoms. The van der Waals surface area contributed by atoms with Gasteiger partial charge in [0, 0.05) is 32.3 Å². The highest BCUT2D eigenvalue weighted by molar-refractivity contribution is 7.99. The van der Waals surface area contributed by atoms with E-state index in [9.17, 15) is 0 Å². The summed E-state index contributed by atoms with van der Waals surface area (Å²) in [6, 6.07) is 0. The van der Waals surface area contributed by atoms with E-state index in [4.69, 9.17) is 4.98 Å². The molecule has 1 atom stereocenters. The molecular weight excluding hydrogens is 218 g/mol. The smallest absolute Gasteiger partial charge is 0.122 e. The van der Waals surface area contributed by atoms with Gasteiger partial charge >= 0.3 is 0 Å². The predicted octanol–water partition coefficient (Wildman–Crippen LogP) is 2.02. The van der Waals surface area contributed by atoms with Crippen LogP contribution in [-0.2, 0) is 20.0 Å². The average molecular weight is 237 g/mol. The second kappa shape index (κ2) is 4.41. The Bertz CT molecular complexity index is 380. The van der Waals surface area contributed by atoms with E-state index >= 15 is 0 Å². The quantitative estimate of drug-likeness (QED) is 0.810. The van der Waals surface area contributed by atoms with Crippen molar-refractivity contribution in [2.45, 2.75) is 37.5 Å². The highest BCUT2D eigenvalue weighted by Gasteiger charge is 2.24. The van der Waals surface area contributed by atoms with E-state index in [1.807, 2.05) is 0 Å². The van der Waals surface area contributed by atoms with Gasteiger partial charge < -0.3 is 9.88 Å². The van der Waals surface area contributed by atoms with Gasteiger partial charge in [-0.25, -0.2) is 4.98 Å². The fraction of sp³-hybridized carbons (Fsp3) is 0.750. The largest absolute Gasteiger partial charge is 0.334 e. The summed E-state index contributed by atoms with van der Waals surface area (Å²) in [6.45, 7) is 2.06. The standard InChI is InChI=1S/C12H19N3S/c1-15-10-5-6-13-8-9(10)14-12(15)11-4-2-3-7-16-11/h11,13H,2-8H2,1H3. The molecule has 0 bridgehead atoms. The van der Waals surface area contributed by atoms with Crippen molar-refractivity contribution in [1.29, 1.82) is 0 Å².